The van der Waals surface area contributed by atoms with Crippen LogP contribution < -0.4 is 10.5 Å². The van der Waals surface area contributed by atoms with Crippen LogP contribution in [-0.4, -0.2) is 11.6 Å². The molecule has 2 N–H and O–H groups in total. The molecule has 1 aromatic heterocycles. The standard InChI is InChI=1S/C14H18N2O2S/c1-4-7-17-13-8-11(5-6-12(13)15)19-14-16-9(2)10(3)18-14/h5-6,8H,4,7,15H2,1-3H3. The fraction of sp³-hybridized carbons (Fsp3) is 0.357. The Hall–Kier alpha value is -1.62. The van der Waals surface area contributed by atoms with Crippen LogP contribution in [0.4, 0.5) is 5.69 Å². The second kappa shape index (κ2) is 6.02. The summed E-state index contributed by atoms with van der Waals surface area (Å²) in [4.78, 5) is 5.35. The molecule has 1 heterocycles. The third-order valence-electron chi connectivity index (χ3n) is 2.66. The van der Waals surface area contributed by atoms with Gasteiger partial charge in [0.1, 0.15) is 11.5 Å². The number of aromatic nitrogens is 1. The second-order valence-electron chi connectivity index (χ2n) is 4.27. The summed E-state index contributed by atoms with van der Waals surface area (Å²) in [7, 11) is 0. The molecule has 0 radical (unpaired) electrons. The Labute approximate surface area is 117 Å². The lowest BCUT2D eigenvalue weighted by atomic mass is 10.3. The van der Waals surface area contributed by atoms with Crippen molar-refractivity contribution in [1.29, 1.82) is 0 Å². The molecule has 0 aliphatic carbocycles. The number of benzene rings is 1. The Kier molecular flexibility index (Phi) is 4.37. The zero-order valence-electron chi connectivity index (χ0n) is 11.4. The van der Waals surface area contributed by atoms with Crippen LogP contribution >= 0.6 is 11.8 Å². The van der Waals surface area contributed by atoms with Crippen LogP contribution in [-0.2, 0) is 0 Å². The van der Waals surface area contributed by atoms with Crippen molar-refractivity contribution >= 4 is 17.4 Å². The quantitative estimate of drug-likeness (QED) is 0.843. The van der Waals surface area contributed by atoms with Gasteiger partial charge in [0, 0.05) is 4.90 Å². The lowest BCUT2D eigenvalue weighted by molar-refractivity contribution is 0.318. The van der Waals surface area contributed by atoms with Crippen molar-refractivity contribution in [2.45, 2.75) is 37.3 Å². The summed E-state index contributed by atoms with van der Waals surface area (Å²) in [6, 6.07) is 5.70. The summed E-state index contributed by atoms with van der Waals surface area (Å²) in [6.07, 6.45) is 0.953. The molecule has 0 amide bonds. The van der Waals surface area contributed by atoms with E-state index in [9.17, 15) is 0 Å². The molecule has 0 bridgehead atoms. The molecule has 0 spiro atoms. The van der Waals surface area contributed by atoms with Gasteiger partial charge in [-0.25, -0.2) is 4.98 Å². The minimum absolute atomic E-state index is 0.640. The minimum atomic E-state index is 0.640. The first-order valence-corrected chi connectivity index (χ1v) is 7.06. The molecular formula is C14H18N2O2S. The highest BCUT2D eigenvalue weighted by Crippen LogP contribution is 2.33. The maximum absolute atomic E-state index is 5.88. The molecule has 0 saturated heterocycles. The molecular weight excluding hydrogens is 260 g/mol. The van der Waals surface area contributed by atoms with Gasteiger partial charge in [-0.15, -0.1) is 0 Å². The van der Waals surface area contributed by atoms with E-state index in [-0.39, 0.29) is 0 Å². The van der Waals surface area contributed by atoms with Crippen LogP contribution in [0.25, 0.3) is 0 Å². The fourth-order valence-electron chi connectivity index (χ4n) is 1.50. The van der Waals surface area contributed by atoms with E-state index >= 15 is 0 Å². The van der Waals surface area contributed by atoms with Gasteiger partial charge in [-0.2, -0.15) is 0 Å². The SMILES string of the molecule is CCCOc1cc(Sc2nc(C)c(C)o2)ccc1N. The minimum Gasteiger partial charge on any atom is -0.491 e. The molecule has 0 unspecified atom stereocenters. The van der Waals surface area contributed by atoms with Crippen molar-refractivity contribution in [1.82, 2.24) is 4.98 Å². The van der Waals surface area contributed by atoms with E-state index in [1.54, 1.807) is 0 Å². The molecule has 102 valence electrons. The highest BCUT2D eigenvalue weighted by molar-refractivity contribution is 7.99. The van der Waals surface area contributed by atoms with E-state index in [4.69, 9.17) is 14.9 Å². The van der Waals surface area contributed by atoms with Gasteiger partial charge in [0.15, 0.2) is 0 Å². The number of rotatable bonds is 5. The Bertz CT molecular complexity index is 547. The number of nitrogens with two attached hydrogens (primary N) is 1. The number of nitrogens with zero attached hydrogens (tertiary/aromatic N) is 1. The van der Waals surface area contributed by atoms with E-state index in [1.165, 1.54) is 11.8 Å². The van der Waals surface area contributed by atoms with Crippen molar-refractivity contribution in [3.8, 4) is 5.75 Å². The number of hydrogen-bond acceptors (Lipinski definition) is 5. The Morgan fingerprint density at radius 1 is 1.37 bits per heavy atom. The summed E-state index contributed by atoms with van der Waals surface area (Å²) in [6.45, 7) is 6.56. The van der Waals surface area contributed by atoms with E-state index in [0.717, 1.165) is 22.8 Å². The smallest absolute Gasteiger partial charge is 0.260 e. The Morgan fingerprint density at radius 3 is 2.79 bits per heavy atom. The molecule has 2 aromatic rings. The van der Waals surface area contributed by atoms with Gasteiger partial charge in [-0.3, -0.25) is 0 Å². The monoisotopic (exact) mass is 278 g/mol. The average Bonchev–Trinajstić information content (AvgIpc) is 2.69. The van der Waals surface area contributed by atoms with E-state index in [1.807, 2.05) is 32.0 Å². The molecule has 0 fully saturated rings. The first-order chi connectivity index (χ1) is 9.10. The number of oxazole rings is 1. The van der Waals surface area contributed by atoms with Crippen LogP contribution in [0.3, 0.4) is 0 Å². The van der Waals surface area contributed by atoms with Crippen molar-refractivity contribution in [2.75, 3.05) is 12.3 Å². The third kappa shape index (κ3) is 3.44. The number of ether oxygens (including phenoxy) is 1. The van der Waals surface area contributed by atoms with Crippen molar-refractivity contribution < 1.29 is 9.15 Å². The van der Waals surface area contributed by atoms with Gasteiger partial charge < -0.3 is 14.9 Å². The predicted octanol–water partition coefficient (Wildman–Crippen LogP) is 3.81. The van der Waals surface area contributed by atoms with Gasteiger partial charge >= 0.3 is 0 Å². The van der Waals surface area contributed by atoms with Crippen LogP contribution in [0.15, 0.2) is 32.7 Å². The lowest BCUT2D eigenvalue weighted by Gasteiger charge is -2.08. The molecule has 2 rings (SSSR count). The van der Waals surface area contributed by atoms with Gasteiger partial charge in [0.05, 0.1) is 18.0 Å². The maximum atomic E-state index is 5.88. The predicted molar refractivity (Wildman–Crippen MR) is 76.7 cm³/mol. The zero-order valence-corrected chi connectivity index (χ0v) is 12.2. The normalized spacial score (nSPS) is 10.7. The van der Waals surface area contributed by atoms with Gasteiger partial charge in [0.2, 0.25) is 0 Å². The highest BCUT2D eigenvalue weighted by atomic mass is 32.2. The third-order valence-corrected chi connectivity index (χ3v) is 3.50. The maximum Gasteiger partial charge on any atom is 0.260 e. The molecule has 5 heteroatoms. The van der Waals surface area contributed by atoms with Crippen LogP contribution in [0.1, 0.15) is 24.8 Å². The number of anilines is 1. The van der Waals surface area contributed by atoms with Crippen molar-refractivity contribution in [2.24, 2.45) is 0 Å². The van der Waals surface area contributed by atoms with Crippen molar-refractivity contribution in [3.05, 3.63) is 29.7 Å². The number of hydrogen-bond donors (Lipinski definition) is 1. The van der Waals surface area contributed by atoms with Gasteiger partial charge in [0.25, 0.3) is 5.22 Å². The molecule has 0 atom stereocenters. The first-order valence-electron chi connectivity index (χ1n) is 6.24. The van der Waals surface area contributed by atoms with Crippen molar-refractivity contribution in [3.63, 3.8) is 0 Å². The lowest BCUT2D eigenvalue weighted by Crippen LogP contribution is -1.98. The first kappa shape index (κ1) is 13.8. The van der Waals surface area contributed by atoms with Gasteiger partial charge in [-0.05, 0) is 50.2 Å². The Balaban J connectivity index is 2.16. The molecule has 4 nitrogen and oxygen atoms in total. The second-order valence-corrected chi connectivity index (χ2v) is 5.30. The molecule has 19 heavy (non-hydrogen) atoms. The summed E-state index contributed by atoms with van der Waals surface area (Å²) in [5.74, 6) is 1.56. The zero-order chi connectivity index (χ0) is 13.8. The van der Waals surface area contributed by atoms with Crippen LogP contribution in [0, 0.1) is 13.8 Å². The molecule has 0 saturated carbocycles. The van der Waals surface area contributed by atoms with Crippen LogP contribution in [0.5, 0.6) is 5.75 Å². The number of nitrogen functional groups attached to an aromatic ring is 1. The largest absolute Gasteiger partial charge is 0.491 e. The molecule has 0 aliphatic heterocycles. The summed E-state index contributed by atoms with van der Waals surface area (Å²) in [5.41, 5.74) is 7.45. The van der Waals surface area contributed by atoms with Crippen LogP contribution in [0.2, 0.25) is 0 Å². The summed E-state index contributed by atoms with van der Waals surface area (Å²) >= 11 is 1.47. The number of aryl methyl sites for hydroxylation is 2. The average molecular weight is 278 g/mol. The molecule has 0 aliphatic rings. The highest BCUT2D eigenvalue weighted by Gasteiger charge is 2.09. The summed E-state index contributed by atoms with van der Waals surface area (Å²) in [5, 5.41) is 0.640. The Morgan fingerprint density at radius 2 is 2.16 bits per heavy atom. The fourth-order valence-corrected chi connectivity index (χ4v) is 2.36. The van der Waals surface area contributed by atoms with E-state index in [2.05, 4.69) is 11.9 Å². The molecule has 1 aromatic carbocycles. The van der Waals surface area contributed by atoms with E-state index in [0.29, 0.717) is 23.3 Å². The summed E-state index contributed by atoms with van der Waals surface area (Å²) < 4.78 is 11.2. The van der Waals surface area contributed by atoms with E-state index < -0.39 is 0 Å². The van der Waals surface area contributed by atoms with Gasteiger partial charge in [-0.1, -0.05) is 6.92 Å². The topological polar surface area (TPSA) is 61.3 Å².